The van der Waals surface area contributed by atoms with Crippen LogP contribution in [0.15, 0.2) is 72.9 Å². The van der Waals surface area contributed by atoms with Gasteiger partial charge in [-0.2, -0.15) is 0 Å². The summed E-state index contributed by atoms with van der Waals surface area (Å²) in [5.74, 6) is -0.181. The number of aliphatic hydroxyl groups excluding tert-OH is 1. The number of aromatic nitrogens is 1. The first-order chi connectivity index (χ1) is 14.7. The Bertz CT molecular complexity index is 882. The van der Waals surface area contributed by atoms with Crippen LogP contribution in [0.25, 0.3) is 0 Å². The van der Waals surface area contributed by atoms with Crippen molar-refractivity contribution in [2.24, 2.45) is 0 Å². The van der Waals surface area contributed by atoms with Gasteiger partial charge in [-0.25, -0.2) is 4.39 Å². The first kappa shape index (κ1) is 22.2. The van der Waals surface area contributed by atoms with Crippen molar-refractivity contribution in [2.45, 2.75) is 32.0 Å². The first-order valence-corrected chi connectivity index (χ1v) is 10.6. The van der Waals surface area contributed by atoms with Crippen LogP contribution in [0.5, 0.6) is 0 Å². The number of rotatable bonds is 12. The van der Waals surface area contributed by atoms with Crippen LogP contribution >= 0.6 is 0 Å². The Kier molecular flexibility index (Phi) is 8.63. The molecule has 0 saturated carbocycles. The maximum absolute atomic E-state index is 14.1. The van der Waals surface area contributed by atoms with E-state index in [-0.39, 0.29) is 5.82 Å². The zero-order chi connectivity index (χ0) is 21.2. The average molecular weight is 412 g/mol. The Hall–Kier alpha value is -2.47. The first-order valence-electron chi connectivity index (χ1n) is 10.6. The van der Waals surface area contributed by atoms with Crippen LogP contribution < -0.4 is 4.90 Å². The molecule has 0 fully saturated rings. The van der Waals surface area contributed by atoms with Crippen LogP contribution in [0.4, 0.5) is 4.39 Å². The van der Waals surface area contributed by atoms with Gasteiger partial charge in [-0.15, -0.1) is 0 Å². The molecular formula is C25H32FN2O2+. The summed E-state index contributed by atoms with van der Waals surface area (Å²) in [7, 11) is 1.71. The van der Waals surface area contributed by atoms with Crippen molar-refractivity contribution in [1.82, 2.24) is 4.57 Å². The quantitative estimate of drug-likeness (QED) is 0.450. The van der Waals surface area contributed by atoms with Crippen LogP contribution in [0.3, 0.4) is 0 Å². The van der Waals surface area contributed by atoms with E-state index in [9.17, 15) is 9.50 Å². The summed E-state index contributed by atoms with van der Waals surface area (Å²) in [4.78, 5) is 1.30. The summed E-state index contributed by atoms with van der Waals surface area (Å²) in [5.41, 5.74) is 2.96. The second kappa shape index (κ2) is 11.6. The fraction of sp³-hybridized carbons (Fsp3) is 0.360. The van der Waals surface area contributed by atoms with E-state index in [0.29, 0.717) is 31.7 Å². The molecule has 3 aromatic rings. The van der Waals surface area contributed by atoms with Gasteiger partial charge in [0.25, 0.3) is 0 Å². The molecule has 1 aromatic heterocycles. The molecule has 4 nitrogen and oxygen atoms in total. The van der Waals surface area contributed by atoms with Gasteiger partial charge >= 0.3 is 0 Å². The Labute approximate surface area is 178 Å². The van der Waals surface area contributed by atoms with E-state index in [1.165, 1.54) is 11.0 Å². The summed E-state index contributed by atoms with van der Waals surface area (Å²) < 4.78 is 21.4. The number of aliphatic hydroxyl groups is 1. The Morgan fingerprint density at radius 3 is 2.57 bits per heavy atom. The number of nitrogens with one attached hydrogen (secondary N) is 1. The highest BCUT2D eigenvalue weighted by atomic mass is 19.1. The zero-order valence-electron chi connectivity index (χ0n) is 17.6. The minimum absolute atomic E-state index is 0.181. The van der Waals surface area contributed by atoms with Crippen molar-refractivity contribution < 1.29 is 19.1 Å². The van der Waals surface area contributed by atoms with Gasteiger partial charge in [-0.05, 0) is 23.8 Å². The number of hydrogen-bond acceptors (Lipinski definition) is 2. The van der Waals surface area contributed by atoms with Crippen molar-refractivity contribution in [1.29, 1.82) is 0 Å². The van der Waals surface area contributed by atoms with Crippen LogP contribution in [-0.2, 0) is 24.2 Å². The lowest BCUT2D eigenvalue weighted by atomic mass is 10.1. The lowest BCUT2D eigenvalue weighted by Crippen LogP contribution is -3.12. The van der Waals surface area contributed by atoms with Crippen LogP contribution in [0, 0.1) is 5.82 Å². The fourth-order valence-electron chi connectivity index (χ4n) is 3.85. The van der Waals surface area contributed by atoms with Gasteiger partial charge in [0.1, 0.15) is 25.0 Å². The molecule has 160 valence electrons. The molecule has 1 heterocycles. The number of methoxy groups -OCH3 is 1. The number of hydrogen-bond donors (Lipinski definition) is 2. The average Bonchev–Trinajstić information content (AvgIpc) is 3.17. The standard InChI is InChI=1S/C25H31FN2O2/c1-30-16-8-14-27(20-24(29)17-21-9-3-2-4-10-21)19-23-12-7-15-28(23)18-22-11-5-6-13-25(22)26/h2-7,9-13,15,24,29H,8,14,16-20H2,1H3/p+1/t24-/m1/s1. The molecule has 0 radical (unpaired) electrons. The highest BCUT2D eigenvalue weighted by Crippen LogP contribution is 2.11. The fourth-order valence-corrected chi connectivity index (χ4v) is 3.85. The number of halogens is 1. The van der Waals surface area contributed by atoms with Gasteiger partial charge < -0.3 is 19.3 Å². The summed E-state index contributed by atoms with van der Waals surface area (Å²) in [6.45, 7) is 3.55. The van der Waals surface area contributed by atoms with E-state index in [1.54, 1.807) is 13.2 Å². The van der Waals surface area contributed by atoms with Crippen LogP contribution in [0.1, 0.15) is 23.2 Å². The lowest BCUT2D eigenvalue weighted by Gasteiger charge is -2.23. The number of nitrogens with zero attached hydrogens (tertiary/aromatic N) is 1. The third-order valence-corrected chi connectivity index (χ3v) is 5.37. The SMILES string of the molecule is COCCC[NH+](Cc1cccn1Cc1ccccc1F)C[C@H](O)Cc1ccccc1. The Morgan fingerprint density at radius 1 is 1.03 bits per heavy atom. The summed E-state index contributed by atoms with van der Waals surface area (Å²) in [5, 5.41) is 10.7. The summed E-state index contributed by atoms with van der Waals surface area (Å²) in [6, 6.07) is 21.1. The predicted molar refractivity (Wildman–Crippen MR) is 117 cm³/mol. The van der Waals surface area contributed by atoms with E-state index in [0.717, 1.165) is 30.8 Å². The molecule has 0 bridgehead atoms. The molecule has 0 amide bonds. The monoisotopic (exact) mass is 411 g/mol. The van der Waals surface area contributed by atoms with Crippen LogP contribution in [-0.4, -0.2) is 42.6 Å². The van der Waals surface area contributed by atoms with Crippen molar-refractivity contribution in [3.05, 3.63) is 95.6 Å². The molecule has 0 aliphatic rings. The van der Waals surface area contributed by atoms with E-state index >= 15 is 0 Å². The molecule has 0 aliphatic heterocycles. The molecule has 2 aromatic carbocycles. The van der Waals surface area contributed by atoms with Crippen molar-refractivity contribution >= 4 is 0 Å². The van der Waals surface area contributed by atoms with E-state index in [4.69, 9.17) is 4.74 Å². The lowest BCUT2D eigenvalue weighted by molar-refractivity contribution is -0.917. The van der Waals surface area contributed by atoms with E-state index in [1.807, 2.05) is 54.7 Å². The second-order valence-electron chi connectivity index (χ2n) is 7.79. The minimum atomic E-state index is -0.417. The van der Waals surface area contributed by atoms with Gasteiger partial charge in [0.15, 0.2) is 0 Å². The third kappa shape index (κ3) is 6.80. The normalized spacial score (nSPS) is 13.3. The summed E-state index contributed by atoms with van der Waals surface area (Å²) in [6.07, 6.45) is 3.15. The zero-order valence-corrected chi connectivity index (χ0v) is 17.6. The van der Waals surface area contributed by atoms with Gasteiger partial charge in [0.05, 0.1) is 25.4 Å². The minimum Gasteiger partial charge on any atom is -0.387 e. The largest absolute Gasteiger partial charge is 0.387 e. The maximum atomic E-state index is 14.1. The van der Waals surface area contributed by atoms with Gasteiger partial charge in [0.2, 0.25) is 0 Å². The van der Waals surface area contributed by atoms with Crippen molar-refractivity contribution in [3.63, 3.8) is 0 Å². The van der Waals surface area contributed by atoms with E-state index in [2.05, 4.69) is 10.6 Å². The third-order valence-electron chi connectivity index (χ3n) is 5.37. The Morgan fingerprint density at radius 2 is 1.80 bits per heavy atom. The molecular weight excluding hydrogens is 379 g/mol. The van der Waals surface area contributed by atoms with Crippen LogP contribution in [0.2, 0.25) is 0 Å². The molecule has 2 N–H and O–H groups in total. The molecule has 3 rings (SSSR count). The Balaban J connectivity index is 1.66. The molecule has 2 atom stereocenters. The number of benzene rings is 2. The topological polar surface area (TPSA) is 38.8 Å². The molecule has 0 saturated heterocycles. The highest BCUT2D eigenvalue weighted by Gasteiger charge is 2.18. The molecule has 0 aliphatic carbocycles. The van der Waals surface area contributed by atoms with E-state index < -0.39 is 6.10 Å². The van der Waals surface area contributed by atoms with Gasteiger partial charge in [-0.3, -0.25) is 0 Å². The highest BCUT2D eigenvalue weighted by molar-refractivity contribution is 5.19. The molecule has 5 heteroatoms. The van der Waals surface area contributed by atoms with Gasteiger partial charge in [0, 0.05) is 31.7 Å². The summed E-state index contributed by atoms with van der Waals surface area (Å²) >= 11 is 0. The predicted octanol–water partition coefficient (Wildman–Crippen LogP) is 2.70. The molecule has 1 unspecified atom stereocenters. The molecule has 30 heavy (non-hydrogen) atoms. The molecule has 0 spiro atoms. The smallest absolute Gasteiger partial charge is 0.128 e. The van der Waals surface area contributed by atoms with Gasteiger partial charge in [-0.1, -0.05) is 48.5 Å². The number of quaternary nitrogens is 1. The second-order valence-corrected chi connectivity index (χ2v) is 7.79. The van der Waals surface area contributed by atoms with Crippen molar-refractivity contribution in [2.75, 3.05) is 26.8 Å². The maximum Gasteiger partial charge on any atom is 0.128 e. The number of ether oxygens (including phenoxy) is 1. The van der Waals surface area contributed by atoms with Crippen molar-refractivity contribution in [3.8, 4) is 0 Å².